The molecule has 0 bridgehead atoms. The van der Waals surface area contributed by atoms with Crippen LogP contribution in [0.5, 0.6) is 0 Å². The molecule has 2 N–H and O–H groups in total. The van der Waals surface area contributed by atoms with Gasteiger partial charge >= 0.3 is 0 Å². The number of non-ortho nitro benzene ring substituents is 1. The standard InChI is InChI=1S/C32H25N3O4S/c1-21-11-16-27(35(38)39)20-29(21)34-32(37)30(23-8-3-2-4-9-23)40-28-17-14-26(15-18-28)33-31(36)25-13-12-22-7-5-6-10-24(22)19-25/h2-20,30H,1H3,(H,33,36)(H,34,37). The predicted molar refractivity (Wildman–Crippen MR) is 160 cm³/mol. The summed E-state index contributed by atoms with van der Waals surface area (Å²) in [4.78, 5) is 37.9. The van der Waals surface area contributed by atoms with E-state index in [1.54, 1.807) is 31.2 Å². The number of benzene rings is 5. The molecule has 0 aliphatic rings. The van der Waals surface area contributed by atoms with Crippen LogP contribution in [0.15, 0.2) is 120 Å². The van der Waals surface area contributed by atoms with Crippen molar-refractivity contribution in [1.29, 1.82) is 0 Å². The van der Waals surface area contributed by atoms with Crippen molar-refractivity contribution in [2.75, 3.05) is 10.6 Å². The first-order chi connectivity index (χ1) is 19.4. The van der Waals surface area contributed by atoms with E-state index in [-0.39, 0.29) is 17.5 Å². The Morgan fingerprint density at radius 3 is 2.20 bits per heavy atom. The van der Waals surface area contributed by atoms with E-state index in [9.17, 15) is 19.7 Å². The summed E-state index contributed by atoms with van der Waals surface area (Å²) in [6.45, 7) is 1.79. The zero-order chi connectivity index (χ0) is 28.1. The summed E-state index contributed by atoms with van der Waals surface area (Å²) in [5.41, 5.74) is 3.02. The maximum atomic E-state index is 13.5. The summed E-state index contributed by atoms with van der Waals surface area (Å²) in [5.74, 6) is -0.506. The number of nitrogens with one attached hydrogen (secondary N) is 2. The number of nitro groups is 1. The number of amides is 2. The van der Waals surface area contributed by atoms with Crippen LogP contribution >= 0.6 is 11.8 Å². The van der Waals surface area contributed by atoms with Crippen molar-refractivity contribution in [3.05, 3.63) is 142 Å². The molecule has 0 heterocycles. The lowest BCUT2D eigenvalue weighted by Crippen LogP contribution is -2.19. The highest BCUT2D eigenvalue weighted by Gasteiger charge is 2.23. The Kier molecular flexibility index (Phi) is 7.89. The number of anilines is 2. The van der Waals surface area contributed by atoms with Gasteiger partial charge in [0.2, 0.25) is 5.91 Å². The normalized spacial score (nSPS) is 11.5. The minimum atomic E-state index is -0.613. The van der Waals surface area contributed by atoms with Crippen molar-refractivity contribution in [2.24, 2.45) is 0 Å². The average Bonchev–Trinajstić information content (AvgIpc) is 2.97. The van der Waals surface area contributed by atoms with Crippen LogP contribution in [0.4, 0.5) is 17.1 Å². The van der Waals surface area contributed by atoms with E-state index < -0.39 is 10.2 Å². The number of carbonyl (C=O) groups is 2. The number of hydrogen-bond acceptors (Lipinski definition) is 5. The van der Waals surface area contributed by atoms with E-state index in [4.69, 9.17) is 0 Å². The summed E-state index contributed by atoms with van der Waals surface area (Å²) in [5, 5.41) is 18.5. The van der Waals surface area contributed by atoms with Gasteiger partial charge in [0, 0.05) is 28.3 Å². The van der Waals surface area contributed by atoms with Crippen LogP contribution in [0, 0.1) is 17.0 Å². The van der Waals surface area contributed by atoms with Gasteiger partial charge in [-0.2, -0.15) is 0 Å². The predicted octanol–water partition coefficient (Wildman–Crippen LogP) is 7.78. The number of aryl methyl sites for hydroxylation is 1. The fourth-order valence-electron chi connectivity index (χ4n) is 4.24. The molecule has 0 aromatic heterocycles. The van der Waals surface area contributed by atoms with Gasteiger partial charge in [-0.15, -0.1) is 11.8 Å². The Hall–Kier alpha value is -4.95. The molecule has 7 nitrogen and oxygen atoms in total. The minimum Gasteiger partial charge on any atom is -0.324 e. The van der Waals surface area contributed by atoms with E-state index >= 15 is 0 Å². The lowest BCUT2D eigenvalue weighted by atomic mass is 10.1. The fourth-order valence-corrected chi connectivity index (χ4v) is 5.27. The van der Waals surface area contributed by atoms with Crippen LogP contribution in [0.3, 0.4) is 0 Å². The van der Waals surface area contributed by atoms with Crippen molar-refractivity contribution in [1.82, 2.24) is 0 Å². The van der Waals surface area contributed by atoms with E-state index in [1.807, 2.05) is 78.9 Å². The lowest BCUT2D eigenvalue weighted by Gasteiger charge is -2.18. The highest BCUT2D eigenvalue weighted by atomic mass is 32.2. The molecule has 0 aliphatic carbocycles. The van der Waals surface area contributed by atoms with Gasteiger partial charge in [0.1, 0.15) is 5.25 Å². The lowest BCUT2D eigenvalue weighted by molar-refractivity contribution is -0.384. The van der Waals surface area contributed by atoms with Crippen molar-refractivity contribution in [3.63, 3.8) is 0 Å². The van der Waals surface area contributed by atoms with Crippen LogP contribution in [0.25, 0.3) is 10.8 Å². The molecule has 1 unspecified atom stereocenters. The Labute approximate surface area is 235 Å². The molecule has 5 rings (SSSR count). The van der Waals surface area contributed by atoms with Crippen LogP contribution in [-0.4, -0.2) is 16.7 Å². The second-order valence-corrected chi connectivity index (χ2v) is 10.4. The second-order valence-electron chi connectivity index (χ2n) is 9.19. The molecule has 198 valence electrons. The molecule has 5 aromatic carbocycles. The van der Waals surface area contributed by atoms with Crippen LogP contribution in [-0.2, 0) is 4.79 Å². The van der Waals surface area contributed by atoms with Gasteiger partial charge in [0.25, 0.3) is 11.6 Å². The number of fused-ring (bicyclic) bond motifs is 1. The summed E-state index contributed by atoms with van der Waals surface area (Å²) < 4.78 is 0. The Morgan fingerprint density at radius 2 is 1.48 bits per heavy atom. The Balaban J connectivity index is 1.32. The Morgan fingerprint density at radius 1 is 0.775 bits per heavy atom. The number of thioether (sulfide) groups is 1. The highest BCUT2D eigenvalue weighted by molar-refractivity contribution is 8.00. The molecule has 2 amide bonds. The van der Waals surface area contributed by atoms with Gasteiger partial charge in [-0.25, -0.2) is 0 Å². The molecule has 8 heteroatoms. The largest absolute Gasteiger partial charge is 0.324 e. The molecular weight excluding hydrogens is 522 g/mol. The van der Waals surface area contributed by atoms with E-state index in [0.29, 0.717) is 16.9 Å². The topological polar surface area (TPSA) is 101 Å². The van der Waals surface area contributed by atoms with Crippen molar-refractivity contribution >= 4 is 51.4 Å². The second kappa shape index (κ2) is 11.8. The van der Waals surface area contributed by atoms with Gasteiger partial charge in [-0.3, -0.25) is 19.7 Å². The van der Waals surface area contributed by atoms with E-state index in [2.05, 4.69) is 10.6 Å². The molecule has 0 radical (unpaired) electrons. The third-order valence-corrected chi connectivity index (χ3v) is 7.67. The molecule has 0 saturated carbocycles. The molecular formula is C32H25N3O4S. The number of nitro benzene ring substituents is 1. The van der Waals surface area contributed by atoms with Crippen molar-refractivity contribution in [3.8, 4) is 0 Å². The third-order valence-electron chi connectivity index (χ3n) is 6.41. The number of carbonyl (C=O) groups excluding carboxylic acids is 2. The maximum Gasteiger partial charge on any atom is 0.271 e. The van der Waals surface area contributed by atoms with Gasteiger partial charge in [-0.05, 0) is 65.2 Å². The smallest absolute Gasteiger partial charge is 0.271 e. The van der Waals surface area contributed by atoms with Crippen molar-refractivity contribution < 1.29 is 14.5 Å². The monoisotopic (exact) mass is 547 g/mol. The number of hydrogen-bond donors (Lipinski definition) is 2. The summed E-state index contributed by atoms with van der Waals surface area (Å²) in [6, 6.07) is 34.5. The van der Waals surface area contributed by atoms with Crippen LogP contribution in [0.1, 0.15) is 26.7 Å². The van der Waals surface area contributed by atoms with Gasteiger partial charge < -0.3 is 10.6 Å². The molecule has 1 atom stereocenters. The summed E-state index contributed by atoms with van der Waals surface area (Å²) in [6.07, 6.45) is 0. The first-order valence-electron chi connectivity index (χ1n) is 12.5. The van der Waals surface area contributed by atoms with Crippen molar-refractivity contribution in [2.45, 2.75) is 17.1 Å². The molecule has 0 fully saturated rings. The number of nitrogens with zero attached hydrogens (tertiary/aromatic N) is 1. The first-order valence-corrected chi connectivity index (χ1v) is 13.4. The van der Waals surface area contributed by atoms with Gasteiger partial charge in [-0.1, -0.05) is 66.7 Å². The fraction of sp³-hybridized carbons (Fsp3) is 0.0625. The molecule has 0 spiro atoms. The highest BCUT2D eigenvalue weighted by Crippen LogP contribution is 2.37. The van der Waals surface area contributed by atoms with E-state index in [0.717, 1.165) is 26.8 Å². The average molecular weight is 548 g/mol. The molecule has 5 aromatic rings. The zero-order valence-corrected chi connectivity index (χ0v) is 22.4. The summed E-state index contributed by atoms with van der Waals surface area (Å²) >= 11 is 1.35. The SMILES string of the molecule is Cc1ccc([N+](=O)[O-])cc1NC(=O)C(Sc1ccc(NC(=O)c2ccc3ccccc3c2)cc1)c1ccccc1. The first kappa shape index (κ1) is 26.6. The van der Waals surface area contributed by atoms with Gasteiger partial charge in [0.15, 0.2) is 0 Å². The molecule has 0 saturated heterocycles. The molecule has 40 heavy (non-hydrogen) atoms. The zero-order valence-electron chi connectivity index (χ0n) is 21.5. The van der Waals surface area contributed by atoms with Crippen LogP contribution < -0.4 is 10.6 Å². The minimum absolute atomic E-state index is 0.0915. The quantitative estimate of drug-likeness (QED) is 0.117. The molecule has 0 aliphatic heterocycles. The maximum absolute atomic E-state index is 13.5. The van der Waals surface area contributed by atoms with Crippen LogP contribution in [0.2, 0.25) is 0 Å². The third kappa shape index (κ3) is 6.19. The van der Waals surface area contributed by atoms with Gasteiger partial charge in [0.05, 0.1) is 10.6 Å². The van der Waals surface area contributed by atoms with E-state index in [1.165, 1.54) is 23.9 Å². The number of rotatable bonds is 8. The summed E-state index contributed by atoms with van der Waals surface area (Å²) in [7, 11) is 0. The Bertz CT molecular complexity index is 1710.